The van der Waals surface area contributed by atoms with Crippen molar-refractivity contribution < 1.29 is 19.1 Å². The summed E-state index contributed by atoms with van der Waals surface area (Å²) >= 11 is 0. The first-order valence-electron chi connectivity index (χ1n) is 9.01. The van der Waals surface area contributed by atoms with Crippen LogP contribution in [0.1, 0.15) is 11.1 Å². The Hall–Kier alpha value is -2.86. The molecule has 0 N–H and O–H groups in total. The van der Waals surface area contributed by atoms with Crippen molar-refractivity contribution in [3.8, 4) is 0 Å². The van der Waals surface area contributed by atoms with Crippen molar-refractivity contribution >= 4 is 17.7 Å². The third kappa shape index (κ3) is 5.08. The van der Waals surface area contributed by atoms with Crippen LogP contribution < -0.4 is 4.90 Å². The molecule has 2 aromatic rings. The zero-order valence-electron chi connectivity index (χ0n) is 15.5. The average Bonchev–Trinajstić information content (AvgIpc) is 2.74. The van der Waals surface area contributed by atoms with Gasteiger partial charge in [0.05, 0.1) is 33.3 Å². The number of hydrogen-bond donors (Lipinski definition) is 0. The Morgan fingerprint density at radius 3 is 2.26 bits per heavy atom. The van der Waals surface area contributed by atoms with Gasteiger partial charge in [0.15, 0.2) is 0 Å². The monoisotopic (exact) mass is 368 g/mol. The minimum absolute atomic E-state index is 0.0249. The van der Waals surface area contributed by atoms with E-state index in [1.54, 1.807) is 4.90 Å². The number of esters is 1. The molecule has 27 heavy (non-hydrogen) atoms. The fraction of sp³-hybridized carbons (Fsp3) is 0.333. The zero-order chi connectivity index (χ0) is 19.1. The van der Waals surface area contributed by atoms with Gasteiger partial charge in [-0.2, -0.15) is 0 Å². The first kappa shape index (κ1) is 18.9. The molecule has 0 saturated carbocycles. The Kier molecular flexibility index (Phi) is 6.44. The maximum absolute atomic E-state index is 13.1. The van der Waals surface area contributed by atoms with E-state index in [2.05, 4.69) is 0 Å². The Morgan fingerprint density at radius 2 is 1.63 bits per heavy atom. The van der Waals surface area contributed by atoms with Gasteiger partial charge in [0.1, 0.15) is 0 Å². The molecular formula is C21H24N2O4. The smallest absolute Gasteiger partial charge is 0.324 e. The lowest BCUT2D eigenvalue weighted by atomic mass is 10.1. The summed E-state index contributed by atoms with van der Waals surface area (Å²) in [5.41, 5.74) is 2.73. The maximum atomic E-state index is 13.1. The fourth-order valence-corrected chi connectivity index (χ4v) is 2.99. The molecule has 1 aliphatic heterocycles. The molecule has 1 saturated heterocycles. The Bertz CT molecular complexity index is 756. The van der Waals surface area contributed by atoms with Gasteiger partial charge in [-0.1, -0.05) is 42.5 Å². The van der Waals surface area contributed by atoms with Crippen LogP contribution in [0.5, 0.6) is 0 Å². The lowest BCUT2D eigenvalue weighted by molar-refractivity contribution is -0.139. The fourth-order valence-electron chi connectivity index (χ4n) is 2.99. The lowest BCUT2D eigenvalue weighted by Gasteiger charge is -2.33. The summed E-state index contributed by atoms with van der Waals surface area (Å²) < 4.78 is 10.1. The van der Waals surface area contributed by atoms with E-state index >= 15 is 0 Å². The second-order valence-electron chi connectivity index (χ2n) is 6.37. The molecule has 0 aromatic heterocycles. The van der Waals surface area contributed by atoms with Gasteiger partial charge in [-0.25, -0.2) is 4.79 Å². The molecule has 6 heteroatoms. The largest absolute Gasteiger partial charge is 0.469 e. The molecule has 0 aliphatic carbocycles. The number of nitrogens with zero attached hydrogens (tertiary/aromatic N) is 2. The Morgan fingerprint density at radius 1 is 1.00 bits per heavy atom. The molecular weight excluding hydrogens is 344 g/mol. The zero-order valence-corrected chi connectivity index (χ0v) is 15.5. The predicted octanol–water partition coefficient (Wildman–Crippen LogP) is 2.86. The molecule has 2 amide bonds. The number of ether oxygens (including phenoxy) is 2. The Balaban J connectivity index is 1.77. The molecule has 6 nitrogen and oxygen atoms in total. The van der Waals surface area contributed by atoms with Crippen LogP contribution >= 0.6 is 0 Å². The highest BCUT2D eigenvalue weighted by molar-refractivity contribution is 5.92. The van der Waals surface area contributed by atoms with Crippen molar-refractivity contribution in [3.63, 3.8) is 0 Å². The van der Waals surface area contributed by atoms with Crippen LogP contribution in [0.15, 0.2) is 54.6 Å². The van der Waals surface area contributed by atoms with Crippen LogP contribution in [0.25, 0.3) is 0 Å². The number of anilines is 1. The number of hydrogen-bond acceptors (Lipinski definition) is 4. The number of morpholine rings is 1. The van der Waals surface area contributed by atoms with Crippen molar-refractivity contribution in [3.05, 3.63) is 65.7 Å². The molecule has 1 heterocycles. The highest BCUT2D eigenvalue weighted by Gasteiger charge is 2.24. The number of methoxy groups -OCH3 is 1. The van der Waals surface area contributed by atoms with E-state index in [0.29, 0.717) is 32.8 Å². The van der Waals surface area contributed by atoms with Crippen LogP contribution in [-0.2, 0) is 27.2 Å². The first-order chi connectivity index (χ1) is 13.2. The molecule has 1 aliphatic rings. The summed E-state index contributed by atoms with van der Waals surface area (Å²) in [6.45, 7) is 2.78. The molecule has 142 valence electrons. The number of urea groups is 1. The van der Waals surface area contributed by atoms with Gasteiger partial charge in [-0.05, 0) is 23.3 Å². The third-order valence-corrected chi connectivity index (χ3v) is 4.52. The normalized spacial score (nSPS) is 13.9. The van der Waals surface area contributed by atoms with E-state index in [4.69, 9.17) is 9.47 Å². The van der Waals surface area contributed by atoms with E-state index in [1.165, 1.54) is 7.11 Å². The topological polar surface area (TPSA) is 59.1 Å². The van der Waals surface area contributed by atoms with Gasteiger partial charge in [0, 0.05) is 18.8 Å². The van der Waals surface area contributed by atoms with Gasteiger partial charge in [0.25, 0.3) is 0 Å². The van der Waals surface area contributed by atoms with Crippen molar-refractivity contribution in [1.29, 1.82) is 0 Å². The van der Waals surface area contributed by atoms with Gasteiger partial charge in [-0.3, -0.25) is 9.69 Å². The van der Waals surface area contributed by atoms with Gasteiger partial charge < -0.3 is 14.4 Å². The molecule has 0 unspecified atom stereocenters. The molecule has 0 atom stereocenters. The molecule has 1 fully saturated rings. The summed E-state index contributed by atoms with van der Waals surface area (Å²) in [5, 5.41) is 0. The van der Waals surface area contributed by atoms with E-state index in [1.807, 2.05) is 59.5 Å². The van der Waals surface area contributed by atoms with Crippen molar-refractivity contribution in [2.75, 3.05) is 38.3 Å². The standard InChI is InChI=1S/C21H24N2O4/c1-26-20(24)15-17-7-9-18(10-8-17)16-23(19-5-3-2-4-6-19)21(25)22-11-13-27-14-12-22/h2-10H,11-16H2,1H3. The van der Waals surface area contributed by atoms with Crippen LogP contribution in [0.2, 0.25) is 0 Å². The number of para-hydroxylation sites is 1. The second-order valence-corrected chi connectivity index (χ2v) is 6.37. The van der Waals surface area contributed by atoms with Crippen LogP contribution in [0.4, 0.5) is 10.5 Å². The van der Waals surface area contributed by atoms with Gasteiger partial charge in [0.2, 0.25) is 0 Å². The molecule has 0 bridgehead atoms. The van der Waals surface area contributed by atoms with Crippen LogP contribution in [0, 0.1) is 0 Å². The maximum Gasteiger partial charge on any atom is 0.324 e. The summed E-state index contributed by atoms with van der Waals surface area (Å²) in [6.07, 6.45) is 0.242. The lowest BCUT2D eigenvalue weighted by Crippen LogP contribution is -2.48. The highest BCUT2D eigenvalue weighted by atomic mass is 16.5. The highest BCUT2D eigenvalue weighted by Crippen LogP contribution is 2.20. The number of carbonyl (C=O) groups is 2. The van der Waals surface area contributed by atoms with E-state index in [0.717, 1.165) is 16.8 Å². The number of carbonyl (C=O) groups excluding carboxylic acids is 2. The first-order valence-corrected chi connectivity index (χ1v) is 9.01. The summed E-state index contributed by atoms with van der Waals surface area (Å²) in [6, 6.07) is 17.3. The average molecular weight is 368 g/mol. The Labute approximate surface area is 159 Å². The minimum atomic E-state index is -0.267. The van der Waals surface area contributed by atoms with Crippen LogP contribution in [0.3, 0.4) is 0 Å². The predicted molar refractivity (Wildman–Crippen MR) is 103 cm³/mol. The molecule has 3 rings (SSSR count). The van der Waals surface area contributed by atoms with Crippen LogP contribution in [-0.4, -0.2) is 50.3 Å². The summed E-state index contributed by atoms with van der Waals surface area (Å²) in [5.74, 6) is -0.267. The van der Waals surface area contributed by atoms with E-state index in [-0.39, 0.29) is 18.4 Å². The van der Waals surface area contributed by atoms with Crippen molar-refractivity contribution in [2.24, 2.45) is 0 Å². The second kappa shape index (κ2) is 9.19. The van der Waals surface area contributed by atoms with Crippen molar-refractivity contribution in [1.82, 2.24) is 4.90 Å². The van der Waals surface area contributed by atoms with Crippen molar-refractivity contribution in [2.45, 2.75) is 13.0 Å². The van der Waals surface area contributed by atoms with Gasteiger partial charge in [-0.15, -0.1) is 0 Å². The SMILES string of the molecule is COC(=O)Cc1ccc(CN(C(=O)N2CCOCC2)c2ccccc2)cc1. The third-order valence-electron chi connectivity index (χ3n) is 4.52. The molecule has 0 radical (unpaired) electrons. The number of amides is 2. The van der Waals surface area contributed by atoms with Gasteiger partial charge >= 0.3 is 12.0 Å². The number of rotatable bonds is 5. The molecule has 2 aromatic carbocycles. The van der Waals surface area contributed by atoms with E-state index < -0.39 is 0 Å². The summed E-state index contributed by atoms with van der Waals surface area (Å²) in [7, 11) is 1.38. The minimum Gasteiger partial charge on any atom is -0.469 e. The quantitative estimate of drug-likeness (QED) is 0.762. The molecule has 0 spiro atoms. The summed E-state index contributed by atoms with van der Waals surface area (Å²) in [4.78, 5) is 28.1. The van der Waals surface area contributed by atoms with E-state index in [9.17, 15) is 9.59 Å². The number of benzene rings is 2.